The summed E-state index contributed by atoms with van der Waals surface area (Å²) < 4.78 is 31.1. The van der Waals surface area contributed by atoms with Gasteiger partial charge in [-0.3, -0.25) is 9.59 Å². The fourth-order valence-corrected chi connectivity index (χ4v) is 4.00. The predicted molar refractivity (Wildman–Crippen MR) is 114 cm³/mol. The molecule has 0 aromatic heterocycles. The molecule has 0 bridgehead atoms. The number of carbonyl (C=O) groups excluding carboxylic acids is 2. The Morgan fingerprint density at radius 2 is 1.90 bits per heavy atom. The zero-order valence-corrected chi connectivity index (χ0v) is 17.9. The molecule has 160 valence electrons. The number of nitrogens with zero attached hydrogens (tertiary/aromatic N) is 1. The van der Waals surface area contributed by atoms with E-state index in [1.54, 1.807) is 30.4 Å². The molecule has 1 saturated heterocycles. The normalized spacial score (nSPS) is 20.4. The first-order valence-electron chi connectivity index (χ1n) is 9.21. The van der Waals surface area contributed by atoms with Crippen molar-refractivity contribution in [3.63, 3.8) is 0 Å². The third-order valence-electron chi connectivity index (χ3n) is 4.77. The van der Waals surface area contributed by atoms with E-state index in [4.69, 9.17) is 11.6 Å². The third kappa shape index (κ3) is 5.48. The molecule has 0 spiro atoms. The minimum Gasteiger partial charge on any atom is -0.348 e. The van der Waals surface area contributed by atoms with Crippen LogP contribution in [-0.4, -0.2) is 35.3 Å². The van der Waals surface area contributed by atoms with Gasteiger partial charge in [-0.2, -0.15) is 0 Å². The lowest BCUT2D eigenvalue weighted by Gasteiger charge is -2.35. The van der Waals surface area contributed by atoms with E-state index in [9.17, 15) is 18.4 Å². The summed E-state index contributed by atoms with van der Waals surface area (Å²) in [7, 11) is 1.73. The molecule has 3 unspecified atom stereocenters. The standard InChI is InChI=1S/C20H21ClF2N4O2S/c1-11(12-3-5-13(22)6-4-12)24-19(28)17-10-18(27(2)30-26-17)20(29)25-14-7-8-16(23)15(21)9-14/h3-9,11,17-18,26H,10H2,1-2H3,(H,24,28)(H,25,29). The summed E-state index contributed by atoms with van der Waals surface area (Å²) in [6.07, 6.45) is 0.228. The number of carbonyl (C=O) groups is 2. The molecule has 3 N–H and O–H groups in total. The Bertz CT molecular complexity index is 932. The average molecular weight is 455 g/mol. The molecule has 10 heteroatoms. The van der Waals surface area contributed by atoms with Crippen molar-refractivity contribution in [3.05, 3.63) is 64.7 Å². The molecule has 2 aromatic carbocycles. The molecule has 1 heterocycles. The zero-order chi connectivity index (χ0) is 21.8. The van der Waals surface area contributed by atoms with Gasteiger partial charge in [0.25, 0.3) is 0 Å². The average Bonchev–Trinajstić information content (AvgIpc) is 2.71. The number of likely N-dealkylation sites (N-methyl/N-ethyl adjacent to an activating group) is 1. The number of halogens is 3. The van der Waals surface area contributed by atoms with Crippen molar-refractivity contribution >= 4 is 41.2 Å². The Balaban J connectivity index is 1.62. The van der Waals surface area contributed by atoms with Crippen LogP contribution in [0.15, 0.2) is 42.5 Å². The van der Waals surface area contributed by atoms with Crippen LogP contribution in [0.3, 0.4) is 0 Å². The second-order valence-electron chi connectivity index (χ2n) is 6.96. The lowest BCUT2D eigenvalue weighted by atomic mass is 10.0. The van der Waals surface area contributed by atoms with Gasteiger partial charge in [0.2, 0.25) is 11.8 Å². The van der Waals surface area contributed by atoms with E-state index < -0.39 is 17.9 Å². The lowest BCUT2D eigenvalue weighted by molar-refractivity contribution is -0.125. The first-order valence-corrected chi connectivity index (χ1v) is 10.4. The summed E-state index contributed by atoms with van der Waals surface area (Å²) in [6.45, 7) is 1.80. The fourth-order valence-electron chi connectivity index (χ4n) is 3.01. The van der Waals surface area contributed by atoms with Crippen LogP contribution in [0, 0.1) is 11.6 Å². The van der Waals surface area contributed by atoms with Crippen molar-refractivity contribution in [2.45, 2.75) is 31.5 Å². The van der Waals surface area contributed by atoms with E-state index >= 15 is 0 Å². The smallest absolute Gasteiger partial charge is 0.242 e. The Kier molecular flexibility index (Phi) is 7.30. The minimum absolute atomic E-state index is 0.0899. The van der Waals surface area contributed by atoms with Crippen LogP contribution in [0.4, 0.5) is 14.5 Å². The number of amides is 2. The van der Waals surface area contributed by atoms with E-state index in [0.717, 1.165) is 17.7 Å². The molecule has 2 amide bonds. The van der Waals surface area contributed by atoms with E-state index in [2.05, 4.69) is 15.4 Å². The quantitative estimate of drug-likeness (QED) is 0.601. The van der Waals surface area contributed by atoms with Crippen LogP contribution in [-0.2, 0) is 9.59 Å². The molecule has 1 aliphatic heterocycles. The monoisotopic (exact) mass is 454 g/mol. The Labute approximate surface area is 182 Å². The van der Waals surface area contributed by atoms with Crippen molar-refractivity contribution in [1.29, 1.82) is 0 Å². The highest BCUT2D eigenvalue weighted by Crippen LogP contribution is 2.25. The van der Waals surface area contributed by atoms with E-state index in [1.807, 2.05) is 0 Å². The van der Waals surface area contributed by atoms with Gasteiger partial charge in [-0.25, -0.2) is 17.8 Å². The maximum absolute atomic E-state index is 13.3. The molecule has 1 fully saturated rings. The van der Waals surface area contributed by atoms with Gasteiger partial charge in [0.1, 0.15) is 17.7 Å². The SMILES string of the molecule is CC(NC(=O)C1CC(C(=O)Nc2ccc(F)c(Cl)c2)N(C)SN1)c1ccc(F)cc1. The summed E-state index contributed by atoms with van der Waals surface area (Å²) in [5.74, 6) is -1.52. The largest absolute Gasteiger partial charge is 0.348 e. The molecule has 6 nitrogen and oxygen atoms in total. The van der Waals surface area contributed by atoms with Gasteiger partial charge >= 0.3 is 0 Å². The predicted octanol–water partition coefficient (Wildman–Crippen LogP) is 3.66. The Hall–Kier alpha value is -2.20. The Morgan fingerprint density at radius 1 is 1.20 bits per heavy atom. The molecule has 0 radical (unpaired) electrons. The van der Waals surface area contributed by atoms with Gasteiger partial charge in [-0.15, -0.1) is 0 Å². The van der Waals surface area contributed by atoms with E-state index in [0.29, 0.717) is 5.69 Å². The molecule has 0 saturated carbocycles. The number of hydrogen-bond acceptors (Lipinski definition) is 5. The van der Waals surface area contributed by atoms with Gasteiger partial charge < -0.3 is 10.6 Å². The summed E-state index contributed by atoms with van der Waals surface area (Å²) in [4.78, 5) is 25.4. The summed E-state index contributed by atoms with van der Waals surface area (Å²) >= 11 is 6.92. The van der Waals surface area contributed by atoms with Crippen molar-refractivity contribution in [2.75, 3.05) is 12.4 Å². The lowest BCUT2D eigenvalue weighted by Crippen LogP contribution is -2.54. The third-order valence-corrected chi connectivity index (χ3v) is 5.99. The zero-order valence-electron chi connectivity index (χ0n) is 16.3. The van der Waals surface area contributed by atoms with Gasteiger partial charge in [0, 0.05) is 17.8 Å². The van der Waals surface area contributed by atoms with Crippen LogP contribution >= 0.6 is 23.7 Å². The number of anilines is 1. The molecule has 30 heavy (non-hydrogen) atoms. The number of hydrogen-bond donors (Lipinski definition) is 3. The van der Waals surface area contributed by atoms with Crippen molar-refractivity contribution in [1.82, 2.24) is 14.3 Å². The number of benzene rings is 2. The summed E-state index contributed by atoms with van der Waals surface area (Å²) in [5, 5.41) is 5.49. The van der Waals surface area contributed by atoms with Crippen LogP contribution < -0.4 is 15.4 Å². The topological polar surface area (TPSA) is 73.5 Å². The first kappa shape index (κ1) is 22.5. The highest BCUT2D eigenvalue weighted by molar-refractivity contribution is 7.95. The molecule has 3 rings (SSSR count). The molecule has 3 atom stereocenters. The number of nitrogens with one attached hydrogen (secondary N) is 3. The molecule has 0 aliphatic carbocycles. The van der Waals surface area contributed by atoms with Crippen LogP contribution in [0.5, 0.6) is 0 Å². The van der Waals surface area contributed by atoms with Crippen LogP contribution in [0.2, 0.25) is 5.02 Å². The van der Waals surface area contributed by atoms with E-state index in [-0.39, 0.29) is 35.1 Å². The number of rotatable bonds is 5. The molecule has 1 aliphatic rings. The first-order chi connectivity index (χ1) is 14.2. The Morgan fingerprint density at radius 3 is 2.57 bits per heavy atom. The molecule has 2 aromatic rings. The molecular formula is C20H21ClF2N4O2S. The van der Waals surface area contributed by atoms with Crippen LogP contribution in [0.25, 0.3) is 0 Å². The van der Waals surface area contributed by atoms with Gasteiger partial charge in [0.15, 0.2) is 0 Å². The van der Waals surface area contributed by atoms with Crippen molar-refractivity contribution < 1.29 is 18.4 Å². The van der Waals surface area contributed by atoms with Gasteiger partial charge in [0.05, 0.1) is 17.1 Å². The maximum Gasteiger partial charge on any atom is 0.242 e. The fraction of sp³-hybridized carbons (Fsp3) is 0.300. The summed E-state index contributed by atoms with van der Waals surface area (Å²) in [5.41, 5.74) is 1.14. The highest BCUT2D eigenvalue weighted by Gasteiger charge is 2.35. The van der Waals surface area contributed by atoms with Gasteiger partial charge in [-0.1, -0.05) is 23.7 Å². The van der Waals surface area contributed by atoms with Gasteiger partial charge in [-0.05, 0) is 56.3 Å². The second-order valence-corrected chi connectivity index (χ2v) is 8.36. The maximum atomic E-state index is 13.3. The highest BCUT2D eigenvalue weighted by atomic mass is 35.5. The van der Waals surface area contributed by atoms with Crippen LogP contribution in [0.1, 0.15) is 24.9 Å². The molecular weight excluding hydrogens is 434 g/mol. The van der Waals surface area contributed by atoms with Crippen molar-refractivity contribution in [3.8, 4) is 0 Å². The second kappa shape index (κ2) is 9.74. The summed E-state index contributed by atoms with van der Waals surface area (Å²) in [6, 6.07) is 8.29. The van der Waals surface area contributed by atoms with E-state index in [1.165, 1.54) is 30.3 Å². The minimum atomic E-state index is -0.610. The van der Waals surface area contributed by atoms with Crippen molar-refractivity contribution in [2.24, 2.45) is 0 Å².